The number of halogens is 1. The van der Waals surface area contributed by atoms with Gasteiger partial charge in [-0.15, -0.1) is 0 Å². The third-order valence-electron chi connectivity index (χ3n) is 5.48. The highest BCUT2D eigenvalue weighted by Crippen LogP contribution is 2.37. The summed E-state index contributed by atoms with van der Waals surface area (Å²) >= 11 is 3.49. The lowest BCUT2D eigenvalue weighted by Crippen LogP contribution is -2.07. The fourth-order valence-corrected chi connectivity index (χ4v) is 4.55. The lowest BCUT2D eigenvalue weighted by Gasteiger charge is -2.12. The maximum absolute atomic E-state index is 12.8. The molecule has 29 heavy (non-hydrogen) atoms. The highest BCUT2D eigenvalue weighted by Gasteiger charge is 2.20. The second-order valence-corrected chi connectivity index (χ2v) is 8.13. The lowest BCUT2D eigenvalue weighted by atomic mass is 9.96. The van der Waals surface area contributed by atoms with Gasteiger partial charge in [-0.25, -0.2) is 9.78 Å². The molecule has 1 aliphatic rings. The highest BCUT2D eigenvalue weighted by atomic mass is 79.9. The summed E-state index contributed by atoms with van der Waals surface area (Å²) in [6.45, 7) is 3.80. The molecule has 5 rings (SSSR count). The van der Waals surface area contributed by atoms with Crippen molar-refractivity contribution in [3.05, 3.63) is 88.4 Å². The van der Waals surface area contributed by atoms with Gasteiger partial charge in [0.05, 0.1) is 16.8 Å². The van der Waals surface area contributed by atoms with Gasteiger partial charge in [0, 0.05) is 15.4 Å². The second kappa shape index (κ2) is 7.12. The van der Waals surface area contributed by atoms with Crippen LogP contribution in [0.2, 0.25) is 0 Å². The molecule has 1 aromatic heterocycles. The van der Waals surface area contributed by atoms with E-state index in [0.717, 1.165) is 39.5 Å². The Kier molecular flexibility index (Phi) is 4.44. The zero-order chi connectivity index (χ0) is 20.0. The van der Waals surface area contributed by atoms with Crippen LogP contribution in [0.25, 0.3) is 32.9 Å². The zero-order valence-electron chi connectivity index (χ0n) is 15.7. The molecular weight excluding hydrogens is 426 g/mol. The first-order chi connectivity index (χ1) is 14.2. The molecule has 0 bridgehead atoms. The molecule has 0 aliphatic heterocycles. The number of hydrogen-bond donors (Lipinski definition) is 0. The van der Waals surface area contributed by atoms with Crippen LogP contribution < -0.4 is 0 Å². The summed E-state index contributed by atoms with van der Waals surface area (Å²) in [5.41, 5.74) is 5.86. The summed E-state index contributed by atoms with van der Waals surface area (Å²) in [7, 11) is 0. The van der Waals surface area contributed by atoms with E-state index in [4.69, 9.17) is 9.72 Å². The fourth-order valence-electron chi connectivity index (χ4n) is 4.19. The van der Waals surface area contributed by atoms with Crippen molar-refractivity contribution >= 4 is 43.6 Å². The normalized spacial score (nSPS) is 12.4. The van der Waals surface area contributed by atoms with Gasteiger partial charge in [-0.1, -0.05) is 58.9 Å². The molecule has 1 aliphatic carbocycles. The number of rotatable bonds is 4. The molecule has 0 N–H and O–H groups in total. The molecule has 142 valence electrons. The minimum Gasteiger partial charge on any atom is -0.458 e. The molecule has 0 radical (unpaired) electrons. The van der Waals surface area contributed by atoms with Crippen LogP contribution in [0.3, 0.4) is 0 Å². The Morgan fingerprint density at radius 3 is 2.72 bits per heavy atom. The Morgan fingerprint density at radius 1 is 1.07 bits per heavy atom. The molecule has 0 atom stereocenters. The summed E-state index contributed by atoms with van der Waals surface area (Å²) in [5.74, 6) is -0.373. The number of ether oxygens (including phenoxy) is 1. The number of esters is 1. The molecule has 4 heteroatoms. The molecule has 1 heterocycles. The van der Waals surface area contributed by atoms with E-state index < -0.39 is 0 Å². The van der Waals surface area contributed by atoms with E-state index >= 15 is 0 Å². The van der Waals surface area contributed by atoms with E-state index in [-0.39, 0.29) is 12.6 Å². The van der Waals surface area contributed by atoms with Gasteiger partial charge in [0.1, 0.15) is 6.61 Å². The average Bonchev–Trinajstić information content (AvgIpc) is 3.16. The number of aryl methyl sites for hydroxylation is 2. The number of nitrogens with zero attached hydrogens (tertiary/aromatic N) is 1. The highest BCUT2D eigenvalue weighted by molar-refractivity contribution is 9.10. The second-order valence-electron chi connectivity index (χ2n) is 7.22. The number of carbonyl (C=O) groups is 1. The summed E-state index contributed by atoms with van der Waals surface area (Å²) in [5, 5.41) is 3.29. The van der Waals surface area contributed by atoms with Gasteiger partial charge in [-0.05, 0) is 59.0 Å². The Balaban J connectivity index is 1.77. The van der Waals surface area contributed by atoms with E-state index in [9.17, 15) is 4.79 Å². The van der Waals surface area contributed by atoms with Gasteiger partial charge in [0.15, 0.2) is 0 Å². The Hall–Kier alpha value is -2.98. The molecule has 0 unspecified atom stereocenters. The third kappa shape index (κ3) is 3.04. The van der Waals surface area contributed by atoms with Crippen LogP contribution in [0.1, 0.15) is 21.5 Å². The third-order valence-corrected chi connectivity index (χ3v) is 5.97. The Bertz CT molecular complexity index is 1300. The van der Waals surface area contributed by atoms with Gasteiger partial charge in [-0.3, -0.25) is 0 Å². The van der Waals surface area contributed by atoms with Crippen LogP contribution in [0.5, 0.6) is 0 Å². The van der Waals surface area contributed by atoms with Crippen LogP contribution >= 0.6 is 15.9 Å². The van der Waals surface area contributed by atoms with E-state index in [0.29, 0.717) is 5.56 Å². The van der Waals surface area contributed by atoms with Crippen LogP contribution in [0.4, 0.5) is 0 Å². The maximum atomic E-state index is 12.8. The average molecular weight is 444 g/mol. The smallest absolute Gasteiger partial charge is 0.339 e. The van der Waals surface area contributed by atoms with Gasteiger partial charge in [0.2, 0.25) is 0 Å². The molecule has 4 aromatic rings. The molecule has 0 saturated heterocycles. The van der Waals surface area contributed by atoms with Crippen molar-refractivity contribution in [1.29, 1.82) is 0 Å². The van der Waals surface area contributed by atoms with Crippen LogP contribution in [-0.2, 0) is 17.6 Å². The number of fused-ring (bicyclic) bond motifs is 1. The van der Waals surface area contributed by atoms with Crippen molar-refractivity contribution in [2.75, 3.05) is 6.61 Å². The van der Waals surface area contributed by atoms with Crippen molar-refractivity contribution in [1.82, 2.24) is 4.98 Å². The van der Waals surface area contributed by atoms with E-state index in [2.05, 4.69) is 52.8 Å². The quantitative estimate of drug-likeness (QED) is 0.276. The zero-order valence-corrected chi connectivity index (χ0v) is 17.3. The van der Waals surface area contributed by atoms with Crippen molar-refractivity contribution in [2.45, 2.75) is 12.8 Å². The predicted octanol–water partition coefficient (Wildman–Crippen LogP) is 6.26. The maximum Gasteiger partial charge on any atom is 0.339 e. The summed E-state index contributed by atoms with van der Waals surface area (Å²) in [6.07, 6.45) is 3.73. The van der Waals surface area contributed by atoms with Crippen molar-refractivity contribution in [2.24, 2.45) is 0 Å². The van der Waals surface area contributed by atoms with Crippen LogP contribution in [0.15, 0.2) is 71.7 Å². The first-order valence-corrected chi connectivity index (χ1v) is 10.4. The van der Waals surface area contributed by atoms with Gasteiger partial charge in [-0.2, -0.15) is 0 Å². The molecule has 0 amide bonds. The van der Waals surface area contributed by atoms with Crippen molar-refractivity contribution < 1.29 is 9.53 Å². The predicted molar refractivity (Wildman–Crippen MR) is 120 cm³/mol. The molecule has 3 nitrogen and oxygen atoms in total. The number of pyridine rings is 1. The van der Waals surface area contributed by atoms with E-state index in [1.807, 2.05) is 24.3 Å². The van der Waals surface area contributed by atoms with Crippen LogP contribution in [0, 0.1) is 0 Å². The summed E-state index contributed by atoms with van der Waals surface area (Å²) in [6, 6.07) is 18.4. The van der Waals surface area contributed by atoms with Crippen molar-refractivity contribution in [3.63, 3.8) is 0 Å². The largest absolute Gasteiger partial charge is 0.458 e. The first-order valence-electron chi connectivity index (χ1n) is 9.58. The monoisotopic (exact) mass is 443 g/mol. The van der Waals surface area contributed by atoms with E-state index in [1.165, 1.54) is 21.9 Å². The minimum absolute atomic E-state index is 0.174. The summed E-state index contributed by atoms with van der Waals surface area (Å²) in [4.78, 5) is 17.7. The Morgan fingerprint density at radius 2 is 1.90 bits per heavy atom. The topological polar surface area (TPSA) is 39.2 Å². The fraction of sp³-hybridized carbons (Fsp3) is 0.120. The molecule has 3 aromatic carbocycles. The van der Waals surface area contributed by atoms with Crippen LogP contribution in [-0.4, -0.2) is 17.6 Å². The number of hydrogen-bond acceptors (Lipinski definition) is 3. The number of aromatic nitrogens is 1. The first kappa shape index (κ1) is 18.1. The lowest BCUT2D eigenvalue weighted by molar-refractivity contribution is 0.0552. The molecule has 0 spiro atoms. The van der Waals surface area contributed by atoms with Gasteiger partial charge < -0.3 is 4.74 Å². The standard InChI is InChI=1S/C25H18BrNO2/c1-2-12-29-25(28)21-14-23(27-22-11-9-17(26)13-20(21)22)18-10-8-16-7-6-15-4-3-5-19(18)24(15)16/h2-5,8-11,13-14H,1,6-7,12H2. The number of benzene rings is 3. The van der Waals surface area contributed by atoms with Gasteiger partial charge in [0.25, 0.3) is 0 Å². The number of carbonyl (C=O) groups excluding carboxylic acids is 1. The molecule has 0 fully saturated rings. The Labute approximate surface area is 177 Å². The molecule has 0 saturated carbocycles. The molecular formula is C25H18BrNO2. The SMILES string of the molecule is C=CCOC(=O)c1cc(-c2ccc3c4c(cccc24)CC3)nc2ccc(Br)cc12. The van der Waals surface area contributed by atoms with Gasteiger partial charge >= 0.3 is 5.97 Å². The van der Waals surface area contributed by atoms with E-state index in [1.54, 1.807) is 6.08 Å². The minimum atomic E-state index is -0.373. The summed E-state index contributed by atoms with van der Waals surface area (Å²) < 4.78 is 6.24. The van der Waals surface area contributed by atoms with Crippen molar-refractivity contribution in [3.8, 4) is 11.3 Å².